The van der Waals surface area contributed by atoms with Crippen LogP contribution in [0, 0.1) is 0 Å². The molecule has 0 aromatic heterocycles. The van der Waals surface area contributed by atoms with Crippen LogP contribution in [0.15, 0.2) is 48.5 Å². The fourth-order valence-corrected chi connectivity index (χ4v) is 2.95. The average molecular weight is 267 g/mol. The van der Waals surface area contributed by atoms with E-state index in [1.807, 2.05) is 24.3 Å². The molecule has 1 aliphatic rings. The zero-order valence-corrected chi connectivity index (χ0v) is 11.7. The third-order valence-corrected chi connectivity index (χ3v) is 4.10. The largest absolute Gasteiger partial charge is 0.493 e. The van der Waals surface area contributed by atoms with Crippen LogP contribution < -0.4 is 10.5 Å². The number of benzene rings is 2. The summed E-state index contributed by atoms with van der Waals surface area (Å²) in [6, 6.07) is 16.8. The summed E-state index contributed by atoms with van der Waals surface area (Å²) >= 11 is 0. The van der Waals surface area contributed by atoms with Gasteiger partial charge in [0.05, 0.1) is 6.61 Å². The van der Waals surface area contributed by atoms with E-state index < -0.39 is 0 Å². The molecule has 3 rings (SSSR count). The summed E-state index contributed by atoms with van der Waals surface area (Å²) in [5.74, 6) is 1.46. The van der Waals surface area contributed by atoms with Gasteiger partial charge in [0.2, 0.25) is 0 Å². The van der Waals surface area contributed by atoms with Crippen molar-refractivity contribution in [2.45, 2.75) is 31.7 Å². The molecule has 0 amide bonds. The van der Waals surface area contributed by atoms with E-state index in [1.165, 1.54) is 30.4 Å². The summed E-state index contributed by atoms with van der Waals surface area (Å²) < 4.78 is 5.96. The van der Waals surface area contributed by atoms with Crippen LogP contribution in [0.1, 0.15) is 35.4 Å². The molecule has 2 heteroatoms. The highest BCUT2D eigenvalue weighted by Crippen LogP contribution is 2.31. The highest BCUT2D eigenvalue weighted by Gasteiger charge is 2.20. The second-order valence-corrected chi connectivity index (χ2v) is 5.45. The fraction of sp³-hybridized carbons (Fsp3) is 0.333. The molecular formula is C18H21NO. The summed E-state index contributed by atoms with van der Waals surface area (Å²) in [6.07, 6.45) is 3.69. The van der Waals surface area contributed by atoms with Crippen molar-refractivity contribution in [3.8, 4) is 5.75 Å². The standard InChI is InChI=1S/C18H21NO/c19-12-14-8-10-17(11-9-14)20-13-16-6-3-5-15-4-1-2-7-18(15)16/h1-2,4,7-11,16H,3,5-6,12-13,19H2. The Hall–Kier alpha value is -1.80. The number of rotatable bonds is 4. The van der Waals surface area contributed by atoms with Crippen molar-refractivity contribution in [3.05, 3.63) is 65.2 Å². The lowest BCUT2D eigenvalue weighted by Crippen LogP contribution is -2.16. The summed E-state index contributed by atoms with van der Waals surface area (Å²) in [4.78, 5) is 0. The summed E-state index contributed by atoms with van der Waals surface area (Å²) in [7, 11) is 0. The van der Waals surface area contributed by atoms with Gasteiger partial charge in [-0.25, -0.2) is 0 Å². The fourth-order valence-electron chi connectivity index (χ4n) is 2.95. The maximum Gasteiger partial charge on any atom is 0.119 e. The van der Waals surface area contributed by atoms with E-state index in [4.69, 9.17) is 10.5 Å². The van der Waals surface area contributed by atoms with Crippen LogP contribution in [0.25, 0.3) is 0 Å². The first-order valence-corrected chi connectivity index (χ1v) is 7.36. The molecule has 0 bridgehead atoms. The minimum absolute atomic E-state index is 0.522. The molecule has 2 aromatic rings. The van der Waals surface area contributed by atoms with Gasteiger partial charge in [-0.05, 0) is 48.1 Å². The maximum absolute atomic E-state index is 5.96. The molecule has 2 aromatic carbocycles. The molecular weight excluding hydrogens is 246 g/mol. The van der Waals surface area contributed by atoms with E-state index in [1.54, 1.807) is 0 Å². The highest BCUT2D eigenvalue weighted by molar-refractivity contribution is 5.33. The van der Waals surface area contributed by atoms with Gasteiger partial charge >= 0.3 is 0 Å². The van der Waals surface area contributed by atoms with Crippen LogP contribution in [0.4, 0.5) is 0 Å². The van der Waals surface area contributed by atoms with Crippen molar-refractivity contribution >= 4 is 0 Å². The van der Waals surface area contributed by atoms with Crippen molar-refractivity contribution in [1.82, 2.24) is 0 Å². The van der Waals surface area contributed by atoms with Crippen LogP contribution in [-0.4, -0.2) is 6.61 Å². The van der Waals surface area contributed by atoms with E-state index in [0.717, 1.165) is 17.9 Å². The van der Waals surface area contributed by atoms with E-state index in [2.05, 4.69) is 24.3 Å². The molecule has 0 saturated heterocycles. The van der Waals surface area contributed by atoms with Gasteiger partial charge in [0.25, 0.3) is 0 Å². The molecule has 0 aliphatic heterocycles. The molecule has 1 aliphatic carbocycles. The van der Waals surface area contributed by atoms with E-state index >= 15 is 0 Å². The molecule has 0 spiro atoms. The molecule has 0 fully saturated rings. The van der Waals surface area contributed by atoms with Gasteiger partial charge < -0.3 is 10.5 Å². The van der Waals surface area contributed by atoms with Gasteiger partial charge in [0.15, 0.2) is 0 Å². The lowest BCUT2D eigenvalue weighted by Gasteiger charge is -2.25. The smallest absolute Gasteiger partial charge is 0.119 e. The second-order valence-electron chi connectivity index (χ2n) is 5.45. The maximum atomic E-state index is 5.96. The normalized spacial score (nSPS) is 17.6. The quantitative estimate of drug-likeness (QED) is 0.917. The van der Waals surface area contributed by atoms with Crippen molar-refractivity contribution in [3.63, 3.8) is 0 Å². The first kappa shape index (κ1) is 13.2. The van der Waals surface area contributed by atoms with Crippen LogP contribution in [0.3, 0.4) is 0 Å². The number of fused-ring (bicyclic) bond motifs is 1. The first-order chi connectivity index (χ1) is 9.86. The molecule has 1 atom stereocenters. The number of nitrogens with two attached hydrogens (primary N) is 1. The molecule has 0 heterocycles. The van der Waals surface area contributed by atoms with Gasteiger partial charge in [0.1, 0.15) is 5.75 Å². The van der Waals surface area contributed by atoms with Crippen LogP contribution in [0.2, 0.25) is 0 Å². The van der Waals surface area contributed by atoms with Gasteiger partial charge in [-0.3, -0.25) is 0 Å². The zero-order valence-electron chi connectivity index (χ0n) is 11.7. The summed E-state index contributed by atoms with van der Waals surface area (Å²) in [5, 5.41) is 0. The van der Waals surface area contributed by atoms with Crippen molar-refractivity contribution < 1.29 is 4.74 Å². The lowest BCUT2D eigenvalue weighted by molar-refractivity contribution is 0.274. The van der Waals surface area contributed by atoms with Crippen LogP contribution in [-0.2, 0) is 13.0 Å². The second kappa shape index (κ2) is 6.10. The Labute approximate surface area is 120 Å². The molecule has 104 valence electrons. The topological polar surface area (TPSA) is 35.2 Å². The monoisotopic (exact) mass is 267 g/mol. The van der Waals surface area contributed by atoms with Crippen molar-refractivity contribution in [1.29, 1.82) is 0 Å². The average Bonchev–Trinajstić information content (AvgIpc) is 2.53. The van der Waals surface area contributed by atoms with E-state index in [-0.39, 0.29) is 0 Å². The van der Waals surface area contributed by atoms with Gasteiger partial charge in [0, 0.05) is 12.5 Å². The Morgan fingerprint density at radius 1 is 1.05 bits per heavy atom. The number of hydrogen-bond donors (Lipinski definition) is 1. The minimum Gasteiger partial charge on any atom is -0.493 e. The Morgan fingerprint density at radius 2 is 1.85 bits per heavy atom. The number of aryl methyl sites for hydroxylation is 1. The SMILES string of the molecule is NCc1ccc(OCC2CCCc3ccccc32)cc1. The van der Waals surface area contributed by atoms with Crippen LogP contribution >= 0.6 is 0 Å². The lowest BCUT2D eigenvalue weighted by atomic mass is 9.83. The van der Waals surface area contributed by atoms with Crippen molar-refractivity contribution in [2.75, 3.05) is 6.61 Å². The van der Waals surface area contributed by atoms with E-state index in [9.17, 15) is 0 Å². The molecule has 1 unspecified atom stereocenters. The Morgan fingerprint density at radius 3 is 2.65 bits per heavy atom. The predicted octanol–water partition coefficient (Wildman–Crippen LogP) is 3.64. The first-order valence-electron chi connectivity index (χ1n) is 7.36. The predicted molar refractivity (Wildman–Crippen MR) is 81.9 cm³/mol. The van der Waals surface area contributed by atoms with Crippen molar-refractivity contribution in [2.24, 2.45) is 5.73 Å². The molecule has 20 heavy (non-hydrogen) atoms. The van der Waals surface area contributed by atoms with Crippen LogP contribution in [0.5, 0.6) is 5.75 Å². The van der Waals surface area contributed by atoms with Gasteiger partial charge in [-0.15, -0.1) is 0 Å². The third kappa shape index (κ3) is 2.86. The van der Waals surface area contributed by atoms with Gasteiger partial charge in [-0.2, -0.15) is 0 Å². The molecule has 0 radical (unpaired) electrons. The Balaban J connectivity index is 1.66. The molecule has 0 saturated carbocycles. The molecule has 2 nitrogen and oxygen atoms in total. The molecule has 2 N–H and O–H groups in total. The Bertz CT molecular complexity index is 562. The van der Waals surface area contributed by atoms with Gasteiger partial charge in [-0.1, -0.05) is 36.4 Å². The highest BCUT2D eigenvalue weighted by atomic mass is 16.5. The minimum atomic E-state index is 0.522. The zero-order chi connectivity index (χ0) is 13.8. The van der Waals surface area contributed by atoms with E-state index in [0.29, 0.717) is 12.5 Å². The Kier molecular flexibility index (Phi) is 4.03. The third-order valence-electron chi connectivity index (χ3n) is 4.10. The number of hydrogen-bond acceptors (Lipinski definition) is 2. The number of ether oxygens (including phenoxy) is 1. The summed E-state index contributed by atoms with van der Waals surface area (Å²) in [5.41, 5.74) is 9.70. The summed E-state index contributed by atoms with van der Waals surface area (Å²) in [6.45, 7) is 1.34.